The van der Waals surface area contributed by atoms with Crippen LogP contribution in [0.1, 0.15) is 30.0 Å². The molecule has 0 amide bonds. The molecule has 3 aromatic rings. The molecule has 2 aromatic carbocycles. The van der Waals surface area contributed by atoms with Crippen LogP contribution in [0, 0.1) is 11.3 Å². The minimum Gasteiger partial charge on any atom is -0.496 e. The summed E-state index contributed by atoms with van der Waals surface area (Å²) in [6.07, 6.45) is -0.674. The summed E-state index contributed by atoms with van der Waals surface area (Å²) in [7, 11) is 1.58. The maximum Gasteiger partial charge on any atom is 0.138 e. The number of aliphatic hydroxyl groups is 1. The average molecular weight is 307 g/mol. The Morgan fingerprint density at radius 1 is 1.30 bits per heavy atom. The molecule has 1 aromatic heterocycles. The van der Waals surface area contributed by atoms with Crippen LogP contribution in [0.3, 0.4) is 0 Å². The maximum atomic E-state index is 10.0. The van der Waals surface area contributed by atoms with Crippen LogP contribution in [0.4, 0.5) is 0 Å². The lowest BCUT2D eigenvalue weighted by Gasteiger charge is -2.14. The van der Waals surface area contributed by atoms with Gasteiger partial charge in [0.15, 0.2) is 0 Å². The van der Waals surface area contributed by atoms with Gasteiger partial charge in [0.05, 0.1) is 36.3 Å². The summed E-state index contributed by atoms with van der Waals surface area (Å²) in [6.45, 7) is 2.21. The molecule has 5 heteroatoms. The zero-order valence-corrected chi connectivity index (χ0v) is 13.0. The van der Waals surface area contributed by atoms with E-state index in [2.05, 4.69) is 11.1 Å². The molecule has 0 saturated heterocycles. The second-order valence-corrected chi connectivity index (χ2v) is 5.36. The van der Waals surface area contributed by atoms with Crippen LogP contribution in [0.5, 0.6) is 5.75 Å². The number of nitriles is 1. The number of nitrogens with zero attached hydrogens (tertiary/aromatic N) is 3. The molecule has 0 saturated carbocycles. The van der Waals surface area contributed by atoms with E-state index in [0.29, 0.717) is 23.7 Å². The van der Waals surface area contributed by atoms with Crippen molar-refractivity contribution in [1.82, 2.24) is 9.55 Å². The summed E-state index contributed by atoms with van der Waals surface area (Å²) in [5.74, 6) is 1.26. The first-order valence-electron chi connectivity index (χ1n) is 7.34. The fourth-order valence-electron chi connectivity index (χ4n) is 2.69. The van der Waals surface area contributed by atoms with Crippen LogP contribution in [0.25, 0.3) is 11.0 Å². The molecule has 3 rings (SSSR count). The zero-order chi connectivity index (χ0) is 16.4. The van der Waals surface area contributed by atoms with Crippen LogP contribution in [0.15, 0.2) is 42.5 Å². The summed E-state index contributed by atoms with van der Waals surface area (Å²) >= 11 is 0. The Morgan fingerprint density at radius 2 is 2.09 bits per heavy atom. The van der Waals surface area contributed by atoms with Gasteiger partial charge in [-0.1, -0.05) is 18.2 Å². The lowest BCUT2D eigenvalue weighted by atomic mass is 10.1. The fraction of sp³-hybridized carbons (Fsp3) is 0.222. The van der Waals surface area contributed by atoms with Gasteiger partial charge in [0.2, 0.25) is 0 Å². The number of aromatic nitrogens is 2. The SMILES string of the molecule is COc1cc(C#N)ccc1Cn1c([C@H](C)O)nc2ccccc21. The van der Waals surface area contributed by atoms with Gasteiger partial charge in [0.25, 0.3) is 0 Å². The fourth-order valence-corrected chi connectivity index (χ4v) is 2.69. The molecule has 0 unspecified atom stereocenters. The molecular formula is C18H17N3O2. The van der Waals surface area contributed by atoms with Gasteiger partial charge in [-0.15, -0.1) is 0 Å². The summed E-state index contributed by atoms with van der Waals surface area (Å²) in [4.78, 5) is 4.52. The van der Waals surface area contributed by atoms with Crippen molar-refractivity contribution in [2.24, 2.45) is 0 Å². The Bertz CT molecular complexity index is 891. The molecule has 23 heavy (non-hydrogen) atoms. The van der Waals surface area contributed by atoms with Gasteiger partial charge < -0.3 is 14.4 Å². The number of methoxy groups -OCH3 is 1. The Labute approximate surface area is 134 Å². The van der Waals surface area contributed by atoms with E-state index in [1.807, 2.05) is 34.9 Å². The van der Waals surface area contributed by atoms with E-state index in [4.69, 9.17) is 10.00 Å². The maximum absolute atomic E-state index is 10.0. The third-order valence-corrected chi connectivity index (χ3v) is 3.80. The summed E-state index contributed by atoms with van der Waals surface area (Å²) < 4.78 is 7.38. The van der Waals surface area contributed by atoms with E-state index in [1.54, 1.807) is 26.2 Å². The topological polar surface area (TPSA) is 71.1 Å². The number of ether oxygens (including phenoxy) is 1. The van der Waals surface area contributed by atoms with Crippen LogP contribution in [-0.4, -0.2) is 21.8 Å². The van der Waals surface area contributed by atoms with Crippen molar-refractivity contribution in [2.75, 3.05) is 7.11 Å². The molecular weight excluding hydrogens is 290 g/mol. The van der Waals surface area contributed by atoms with Crippen LogP contribution in [0.2, 0.25) is 0 Å². The first-order chi connectivity index (χ1) is 11.1. The molecule has 0 radical (unpaired) electrons. The third kappa shape index (κ3) is 2.77. The number of para-hydroxylation sites is 2. The molecule has 0 aliphatic carbocycles. The van der Waals surface area contributed by atoms with E-state index in [1.165, 1.54) is 0 Å². The normalized spacial score (nSPS) is 12.1. The second kappa shape index (κ2) is 6.11. The zero-order valence-electron chi connectivity index (χ0n) is 13.0. The monoisotopic (exact) mass is 307 g/mol. The van der Waals surface area contributed by atoms with E-state index < -0.39 is 6.10 Å². The Balaban J connectivity index is 2.11. The molecule has 0 spiro atoms. The highest BCUT2D eigenvalue weighted by molar-refractivity contribution is 5.76. The third-order valence-electron chi connectivity index (χ3n) is 3.80. The quantitative estimate of drug-likeness (QED) is 0.804. The van der Waals surface area contributed by atoms with E-state index in [-0.39, 0.29) is 0 Å². The van der Waals surface area contributed by atoms with Gasteiger partial charge >= 0.3 is 0 Å². The minimum atomic E-state index is -0.674. The number of benzene rings is 2. The second-order valence-electron chi connectivity index (χ2n) is 5.36. The number of imidazole rings is 1. The molecule has 0 fully saturated rings. The van der Waals surface area contributed by atoms with Crippen molar-refractivity contribution in [1.29, 1.82) is 5.26 Å². The van der Waals surface area contributed by atoms with Gasteiger partial charge in [-0.25, -0.2) is 4.98 Å². The van der Waals surface area contributed by atoms with Gasteiger partial charge in [-0.3, -0.25) is 0 Å². The molecule has 1 N–H and O–H groups in total. The lowest BCUT2D eigenvalue weighted by molar-refractivity contribution is 0.185. The van der Waals surface area contributed by atoms with Crippen molar-refractivity contribution in [2.45, 2.75) is 19.6 Å². The molecule has 1 atom stereocenters. The first kappa shape index (κ1) is 15.1. The minimum absolute atomic E-state index is 0.510. The standard InChI is InChI=1S/C18H17N3O2/c1-12(22)18-20-15-5-3-4-6-16(15)21(18)11-14-8-7-13(10-19)9-17(14)23-2/h3-9,12,22H,11H2,1-2H3/t12-/m0/s1. The summed E-state index contributed by atoms with van der Waals surface area (Å²) in [5.41, 5.74) is 3.28. The van der Waals surface area contributed by atoms with Crippen molar-refractivity contribution in [3.63, 3.8) is 0 Å². The van der Waals surface area contributed by atoms with Gasteiger partial charge in [0.1, 0.15) is 17.7 Å². The highest BCUT2D eigenvalue weighted by Gasteiger charge is 2.16. The van der Waals surface area contributed by atoms with Gasteiger partial charge in [-0.05, 0) is 31.2 Å². The smallest absolute Gasteiger partial charge is 0.138 e. The average Bonchev–Trinajstić information content (AvgIpc) is 2.94. The van der Waals surface area contributed by atoms with Gasteiger partial charge in [-0.2, -0.15) is 5.26 Å². The highest BCUT2D eigenvalue weighted by Crippen LogP contribution is 2.26. The van der Waals surface area contributed by atoms with Gasteiger partial charge in [0, 0.05) is 5.56 Å². The number of aliphatic hydroxyl groups excluding tert-OH is 1. The van der Waals surface area contributed by atoms with E-state index in [0.717, 1.165) is 16.6 Å². The van der Waals surface area contributed by atoms with Crippen LogP contribution >= 0.6 is 0 Å². The highest BCUT2D eigenvalue weighted by atomic mass is 16.5. The van der Waals surface area contributed by atoms with Crippen molar-refractivity contribution in [3.8, 4) is 11.8 Å². The number of rotatable bonds is 4. The van der Waals surface area contributed by atoms with E-state index in [9.17, 15) is 5.11 Å². The largest absolute Gasteiger partial charge is 0.496 e. The predicted molar refractivity (Wildman–Crippen MR) is 87.2 cm³/mol. The summed E-state index contributed by atoms with van der Waals surface area (Å²) in [5, 5.41) is 19.0. The molecule has 0 aliphatic rings. The number of hydrogen-bond acceptors (Lipinski definition) is 4. The molecule has 1 heterocycles. The predicted octanol–water partition coefficient (Wildman–Crippen LogP) is 3.02. The first-order valence-corrected chi connectivity index (χ1v) is 7.34. The van der Waals surface area contributed by atoms with Crippen LogP contribution < -0.4 is 4.74 Å². The summed E-state index contributed by atoms with van der Waals surface area (Å²) in [6, 6.07) is 15.2. The molecule has 0 aliphatic heterocycles. The van der Waals surface area contributed by atoms with Crippen molar-refractivity contribution < 1.29 is 9.84 Å². The Morgan fingerprint density at radius 3 is 2.78 bits per heavy atom. The Kier molecular flexibility index (Phi) is 4.00. The van der Waals surface area contributed by atoms with Crippen molar-refractivity contribution in [3.05, 3.63) is 59.4 Å². The Hall–Kier alpha value is -2.84. The number of fused-ring (bicyclic) bond motifs is 1. The molecule has 116 valence electrons. The molecule has 0 bridgehead atoms. The lowest BCUT2D eigenvalue weighted by Crippen LogP contribution is -2.09. The molecule has 5 nitrogen and oxygen atoms in total. The van der Waals surface area contributed by atoms with Crippen molar-refractivity contribution >= 4 is 11.0 Å². The van der Waals surface area contributed by atoms with E-state index >= 15 is 0 Å². The van der Waals surface area contributed by atoms with Crippen LogP contribution in [-0.2, 0) is 6.54 Å². The number of hydrogen-bond donors (Lipinski definition) is 1.